The molecule has 1 fully saturated rings. The van der Waals surface area contributed by atoms with E-state index in [0.29, 0.717) is 48.8 Å². The van der Waals surface area contributed by atoms with Gasteiger partial charge in [0.05, 0.1) is 17.1 Å². The van der Waals surface area contributed by atoms with Crippen LogP contribution in [0.3, 0.4) is 0 Å². The number of halogens is 1. The molecule has 0 atom stereocenters. The highest BCUT2D eigenvalue weighted by Gasteiger charge is 2.28. The van der Waals surface area contributed by atoms with Crippen LogP contribution in [0.2, 0.25) is 0 Å². The van der Waals surface area contributed by atoms with Crippen LogP contribution in [0.15, 0.2) is 41.3 Å². The quantitative estimate of drug-likeness (QED) is 0.635. The Morgan fingerprint density at radius 3 is 2.42 bits per heavy atom. The topological polar surface area (TPSA) is 105 Å². The molecule has 4 rings (SSSR count). The van der Waals surface area contributed by atoms with Gasteiger partial charge in [-0.05, 0) is 50.2 Å². The molecule has 0 aliphatic carbocycles. The average Bonchev–Trinajstić information content (AvgIpc) is 3.09. The van der Waals surface area contributed by atoms with Gasteiger partial charge < -0.3 is 14.8 Å². The first-order chi connectivity index (χ1) is 15.7. The Morgan fingerprint density at radius 1 is 1.03 bits per heavy atom. The van der Waals surface area contributed by atoms with Crippen molar-refractivity contribution >= 4 is 27.4 Å². The Kier molecular flexibility index (Phi) is 6.63. The highest BCUT2D eigenvalue weighted by molar-refractivity contribution is 7.89. The number of amides is 1. The van der Waals surface area contributed by atoms with Gasteiger partial charge in [0.2, 0.25) is 22.7 Å². The highest BCUT2D eigenvalue weighted by atomic mass is 32.2. The van der Waals surface area contributed by atoms with Crippen LogP contribution >= 0.6 is 0 Å². The number of carbonyl (C=O) groups excluding carboxylic acids is 2. The number of nitrogens with one attached hydrogen (secondary N) is 1. The van der Waals surface area contributed by atoms with Crippen molar-refractivity contribution in [3.63, 3.8) is 0 Å². The smallest absolute Gasteiger partial charge is 0.243 e. The molecule has 1 saturated heterocycles. The molecule has 2 aliphatic heterocycles. The summed E-state index contributed by atoms with van der Waals surface area (Å²) in [6, 6.07) is 7.85. The summed E-state index contributed by atoms with van der Waals surface area (Å²) in [6.45, 7) is 2.88. The Bertz CT molecular complexity index is 1170. The summed E-state index contributed by atoms with van der Waals surface area (Å²) in [6.07, 6.45) is 0.538. The van der Waals surface area contributed by atoms with Crippen molar-refractivity contribution in [1.29, 1.82) is 0 Å². The summed E-state index contributed by atoms with van der Waals surface area (Å²) < 4.78 is 50.9. The molecule has 1 amide bonds. The fourth-order valence-corrected chi connectivity index (χ4v) is 5.30. The van der Waals surface area contributed by atoms with Crippen LogP contribution in [0.1, 0.15) is 23.7 Å². The van der Waals surface area contributed by atoms with Crippen molar-refractivity contribution in [2.75, 3.05) is 44.8 Å². The lowest BCUT2D eigenvalue weighted by molar-refractivity contribution is -0.117. The first kappa shape index (κ1) is 23.1. The zero-order valence-corrected chi connectivity index (χ0v) is 18.9. The number of Topliss-reactive ketones (excluding diaryl/α,β-unsaturated/α-hetero) is 1. The predicted octanol–water partition coefficient (Wildman–Crippen LogP) is 2.09. The summed E-state index contributed by atoms with van der Waals surface area (Å²) in [5.41, 5.74) is 0.659. The van der Waals surface area contributed by atoms with Crippen LogP contribution in [0, 0.1) is 5.82 Å². The van der Waals surface area contributed by atoms with Gasteiger partial charge in [-0.15, -0.1) is 0 Å². The van der Waals surface area contributed by atoms with Gasteiger partial charge in [-0.3, -0.25) is 14.5 Å². The predicted molar refractivity (Wildman–Crippen MR) is 117 cm³/mol. The lowest BCUT2D eigenvalue weighted by atomic mass is 10.1. The number of rotatable bonds is 6. The van der Waals surface area contributed by atoms with Gasteiger partial charge in [-0.1, -0.05) is 0 Å². The second kappa shape index (κ2) is 9.46. The maximum Gasteiger partial charge on any atom is 0.243 e. The van der Waals surface area contributed by atoms with Gasteiger partial charge in [0, 0.05) is 31.3 Å². The minimum absolute atomic E-state index is 0.0367. The van der Waals surface area contributed by atoms with Crippen LogP contribution in [0.4, 0.5) is 10.1 Å². The molecule has 11 heteroatoms. The zero-order chi connectivity index (χ0) is 23.6. The molecule has 2 aromatic carbocycles. The number of nitrogens with zero attached hydrogens (tertiary/aromatic N) is 2. The molecular formula is C22H24FN3O6S. The second-order valence-electron chi connectivity index (χ2n) is 7.84. The van der Waals surface area contributed by atoms with E-state index in [2.05, 4.69) is 5.32 Å². The fourth-order valence-electron chi connectivity index (χ4n) is 3.83. The summed E-state index contributed by atoms with van der Waals surface area (Å²) in [7, 11) is -3.75. The molecule has 9 nitrogen and oxygen atoms in total. The maximum atomic E-state index is 13.2. The van der Waals surface area contributed by atoms with Gasteiger partial charge >= 0.3 is 0 Å². The number of sulfonamides is 1. The van der Waals surface area contributed by atoms with Crippen molar-refractivity contribution < 1.29 is 31.9 Å². The first-order valence-electron chi connectivity index (χ1n) is 10.5. The SMILES string of the molecule is CC(=O)c1cc2c(cc1NC(=O)CN1CCCN(S(=O)(=O)c3ccc(F)cc3)CC1)OCO2. The number of hydrogen-bond donors (Lipinski definition) is 1. The molecule has 2 aromatic rings. The molecule has 2 heterocycles. The Morgan fingerprint density at radius 2 is 1.73 bits per heavy atom. The van der Waals surface area contributed by atoms with Crippen molar-refractivity contribution in [3.05, 3.63) is 47.8 Å². The van der Waals surface area contributed by atoms with Crippen LogP contribution in [0.25, 0.3) is 0 Å². The molecule has 0 spiro atoms. The maximum absolute atomic E-state index is 13.2. The molecular weight excluding hydrogens is 453 g/mol. The van der Waals surface area contributed by atoms with E-state index < -0.39 is 15.8 Å². The second-order valence-corrected chi connectivity index (χ2v) is 9.78. The van der Waals surface area contributed by atoms with Crippen LogP contribution in [0.5, 0.6) is 11.5 Å². The van der Waals surface area contributed by atoms with Crippen molar-refractivity contribution in [2.45, 2.75) is 18.2 Å². The molecule has 0 aromatic heterocycles. The number of hydrogen-bond acceptors (Lipinski definition) is 7. The van der Waals surface area contributed by atoms with Gasteiger partial charge in [0.1, 0.15) is 5.82 Å². The molecule has 33 heavy (non-hydrogen) atoms. The molecule has 2 aliphatic rings. The number of carbonyl (C=O) groups is 2. The van der Waals surface area contributed by atoms with E-state index in [9.17, 15) is 22.4 Å². The lowest BCUT2D eigenvalue weighted by Gasteiger charge is -2.21. The van der Waals surface area contributed by atoms with Gasteiger partial charge in [0.25, 0.3) is 0 Å². The van der Waals surface area contributed by atoms with Crippen molar-refractivity contribution in [3.8, 4) is 11.5 Å². The van der Waals surface area contributed by atoms with Gasteiger partial charge in [-0.2, -0.15) is 4.31 Å². The Labute approximate surface area is 191 Å². The number of ether oxygens (including phenoxy) is 2. The first-order valence-corrected chi connectivity index (χ1v) is 11.9. The monoisotopic (exact) mass is 477 g/mol. The number of benzene rings is 2. The van der Waals surface area contributed by atoms with Crippen molar-refractivity contribution in [2.24, 2.45) is 0 Å². The molecule has 0 unspecified atom stereocenters. The van der Waals surface area contributed by atoms with Crippen molar-refractivity contribution in [1.82, 2.24) is 9.21 Å². The van der Waals surface area contributed by atoms with Crippen LogP contribution in [-0.4, -0.2) is 68.8 Å². The normalized spacial score (nSPS) is 16.9. The Balaban J connectivity index is 1.39. The van der Waals surface area contributed by atoms with E-state index in [1.807, 2.05) is 4.90 Å². The third-order valence-electron chi connectivity index (χ3n) is 5.53. The third kappa shape index (κ3) is 5.15. The molecule has 1 N–H and O–H groups in total. The van der Waals surface area contributed by atoms with Gasteiger partial charge in [0.15, 0.2) is 17.3 Å². The van der Waals surface area contributed by atoms with E-state index in [1.165, 1.54) is 23.4 Å². The summed E-state index contributed by atoms with van der Waals surface area (Å²) in [5, 5.41) is 2.76. The standard InChI is InChI=1S/C22H24FN3O6S/c1-15(27)18-11-20-21(32-14-31-20)12-19(18)24-22(28)13-25-7-2-8-26(10-9-25)33(29,30)17-5-3-16(23)4-6-17/h3-6,11-12H,2,7-10,13-14H2,1H3,(H,24,28). The average molecular weight is 478 g/mol. The third-order valence-corrected chi connectivity index (χ3v) is 7.45. The van der Waals surface area contributed by atoms with E-state index in [0.717, 1.165) is 12.1 Å². The molecule has 0 bridgehead atoms. The number of anilines is 1. The summed E-state index contributed by atoms with van der Waals surface area (Å²) >= 11 is 0. The van der Waals surface area contributed by atoms with E-state index in [4.69, 9.17) is 9.47 Å². The highest BCUT2D eigenvalue weighted by Crippen LogP contribution is 2.37. The Hall–Kier alpha value is -3.02. The van der Waals surface area contributed by atoms with Crippen LogP contribution < -0.4 is 14.8 Å². The van der Waals surface area contributed by atoms with Gasteiger partial charge in [-0.25, -0.2) is 12.8 Å². The van der Waals surface area contributed by atoms with E-state index in [1.54, 1.807) is 12.1 Å². The summed E-state index contributed by atoms with van der Waals surface area (Å²) in [4.78, 5) is 26.6. The fraction of sp³-hybridized carbons (Fsp3) is 0.364. The summed E-state index contributed by atoms with van der Waals surface area (Å²) in [5.74, 6) is -0.150. The molecule has 0 saturated carbocycles. The minimum atomic E-state index is -3.75. The number of fused-ring (bicyclic) bond motifs is 1. The largest absolute Gasteiger partial charge is 0.454 e. The van der Waals surface area contributed by atoms with E-state index >= 15 is 0 Å². The van der Waals surface area contributed by atoms with E-state index in [-0.39, 0.29) is 36.5 Å². The minimum Gasteiger partial charge on any atom is -0.454 e. The molecule has 176 valence electrons. The zero-order valence-electron chi connectivity index (χ0n) is 18.0. The number of ketones is 1. The van der Waals surface area contributed by atoms with Crippen LogP contribution in [-0.2, 0) is 14.8 Å². The lowest BCUT2D eigenvalue weighted by Crippen LogP contribution is -2.38. The molecule has 0 radical (unpaired) electrons.